The number of rotatable bonds is 6. The summed E-state index contributed by atoms with van der Waals surface area (Å²) in [5, 5.41) is 12.0. The van der Waals surface area contributed by atoms with Crippen LogP contribution in [0.5, 0.6) is 0 Å². The van der Waals surface area contributed by atoms with E-state index in [4.69, 9.17) is 0 Å². The van der Waals surface area contributed by atoms with E-state index in [-0.39, 0.29) is 0 Å². The van der Waals surface area contributed by atoms with Crippen molar-refractivity contribution in [1.29, 1.82) is 0 Å². The molecule has 1 unspecified atom stereocenters. The van der Waals surface area contributed by atoms with Gasteiger partial charge in [0.1, 0.15) is 5.60 Å². The highest BCUT2D eigenvalue weighted by molar-refractivity contribution is 5.50. The monoisotopic (exact) mass is 385 g/mol. The first-order valence-electron chi connectivity index (χ1n) is 10.9. The second kappa shape index (κ2) is 8.84. The average Bonchev–Trinajstić information content (AvgIpc) is 2.80. The topological polar surface area (TPSA) is 23.5 Å². The van der Waals surface area contributed by atoms with Gasteiger partial charge in [0.15, 0.2) is 0 Å². The van der Waals surface area contributed by atoms with Crippen LogP contribution in [-0.4, -0.2) is 18.2 Å². The second-order valence-corrected chi connectivity index (χ2v) is 8.17. The van der Waals surface area contributed by atoms with E-state index >= 15 is 0 Å². The first kappa shape index (κ1) is 19.7. The van der Waals surface area contributed by atoms with Crippen molar-refractivity contribution in [1.82, 2.24) is 0 Å². The highest BCUT2D eigenvalue weighted by Crippen LogP contribution is 2.35. The molecule has 2 nitrogen and oxygen atoms in total. The van der Waals surface area contributed by atoms with Crippen LogP contribution >= 0.6 is 0 Å². The molecule has 4 rings (SSSR count). The molecule has 1 saturated heterocycles. The lowest BCUT2D eigenvalue weighted by Crippen LogP contribution is -2.31. The maximum absolute atomic E-state index is 12.0. The zero-order chi connectivity index (χ0) is 20.1. The third-order valence-electron chi connectivity index (χ3n) is 6.18. The predicted octanol–water partition coefficient (Wildman–Crippen LogP) is 5.72. The van der Waals surface area contributed by atoms with E-state index < -0.39 is 5.60 Å². The molecule has 2 heteroatoms. The van der Waals surface area contributed by atoms with Gasteiger partial charge in [0.25, 0.3) is 0 Å². The van der Waals surface area contributed by atoms with Gasteiger partial charge in [0, 0.05) is 25.2 Å². The molecule has 0 aliphatic carbocycles. The molecule has 0 aromatic heterocycles. The van der Waals surface area contributed by atoms with Crippen LogP contribution in [0.1, 0.15) is 48.4 Å². The summed E-state index contributed by atoms with van der Waals surface area (Å²) in [6, 6.07) is 27.2. The first-order valence-corrected chi connectivity index (χ1v) is 10.9. The highest BCUT2D eigenvalue weighted by Gasteiger charge is 2.32. The lowest BCUT2D eigenvalue weighted by Gasteiger charge is -2.32. The molecule has 0 amide bonds. The molecule has 0 radical (unpaired) electrons. The van der Waals surface area contributed by atoms with Crippen molar-refractivity contribution in [3.63, 3.8) is 0 Å². The smallest absolute Gasteiger partial charge is 0.119 e. The zero-order valence-electron chi connectivity index (χ0n) is 17.3. The van der Waals surface area contributed by atoms with Crippen LogP contribution in [0.3, 0.4) is 0 Å². The second-order valence-electron chi connectivity index (χ2n) is 8.17. The van der Waals surface area contributed by atoms with Crippen LogP contribution < -0.4 is 4.90 Å². The number of aryl methyl sites for hydroxylation is 1. The van der Waals surface area contributed by atoms with Crippen LogP contribution in [0.4, 0.5) is 5.69 Å². The Kier molecular flexibility index (Phi) is 6.01. The fourth-order valence-electron chi connectivity index (χ4n) is 4.44. The van der Waals surface area contributed by atoms with Crippen molar-refractivity contribution in [2.75, 3.05) is 18.0 Å². The van der Waals surface area contributed by atoms with Crippen molar-refractivity contribution in [2.45, 2.75) is 44.6 Å². The van der Waals surface area contributed by atoms with Crippen molar-refractivity contribution in [2.24, 2.45) is 0 Å². The average molecular weight is 386 g/mol. The number of anilines is 1. The molecule has 0 bridgehead atoms. The van der Waals surface area contributed by atoms with E-state index in [2.05, 4.69) is 60.4 Å². The van der Waals surface area contributed by atoms with Gasteiger partial charge in [-0.2, -0.15) is 0 Å². The van der Waals surface area contributed by atoms with Gasteiger partial charge in [-0.05, 0) is 60.1 Å². The van der Waals surface area contributed by atoms with Crippen LogP contribution in [0.25, 0.3) is 0 Å². The molecule has 0 saturated carbocycles. The molecule has 3 aromatic rings. The Morgan fingerprint density at radius 3 is 2.10 bits per heavy atom. The van der Waals surface area contributed by atoms with Gasteiger partial charge in [-0.3, -0.25) is 0 Å². The van der Waals surface area contributed by atoms with Gasteiger partial charge in [-0.1, -0.05) is 73.7 Å². The van der Waals surface area contributed by atoms with Crippen molar-refractivity contribution < 1.29 is 5.11 Å². The van der Waals surface area contributed by atoms with Crippen LogP contribution in [-0.2, 0) is 18.4 Å². The third-order valence-corrected chi connectivity index (χ3v) is 6.18. The van der Waals surface area contributed by atoms with E-state index in [1.54, 1.807) is 0 Å². The SMILES string of the molecule is CCc1cccc(CC(O)(c2ccccc2)c2ccc(N3CCCCC3)cc2)c1. The summed E-state index contributed by atoms with van der Waals surface area (Å²) in [5.41, 5.74) is 4.57. The molecule has 1 aliphatic rings. The van der Waals surface area contributed by atoms with E-state index in [9.17, 15) is 5.11 Å². The van der Waals surface area contributed by atoms with E-state index in [0.717, 1.165) is 36.2 Å². The van der Waals surface area contributed by atoms with Gasteiger partial charge in [-0.25, -0.2) is 0 Å². The molecule has 1 heterocycles. The Labute approximate surface area is 174 Å². The summed E-state index contributed by atoms with van der Waals surface area (Å²) in [7, 11) is 0. The molecule has 1 N–H and O–H groups in total. The van der Waals surface area contributed by atoms with Gasteiger partial charge >= 0.3 is 0 Å². The number of piperidine rings is 1. The normalized spacial score (nSPS) is 16.4. The molecular weight excluding hydrogens is 354 g/mol. The summed E-state index contributed by atoms with van der Waals surface area (Å²) < 4.78 is 0. The van der Waals surface area contributed by atoms with Crippen LogP contribution in [0.15, 0.2) is 78.9 Å². The maximum Gasteiger partial charge on any atom is 0.119 e. The van der Waals surface area contributed by atoms with Crippen molar-refractivity contribution in [3.8, 4) is 0 Å². The summed E-state index contributed by atoms with van der Waals surface area (Å²) in [4.78, 5) is 2.46. The van der Waals surface area contributed by atoms with Gasteiger partial charge in [0.2, 0.25) is 0 Å². The van der Waals surface area contributed by atoms with Gasteiger partial charge in [-0.15, -0.1) is 0 Å². The van der Waals surface area contributed by atoms with Crippen molar-refractivity contribution in [3.05, 3.63) is 101 Å². The molecule has 1 fully saturated rings. The Balaban J connectivity index is 1.68. The number of hydrogen-bond donors (Lipinski definition) is 1. The van der Waals surface area contributed by atoms with E-state index in [1.165, 1.54) is 30.5 Å². The van der Waals surface area contributed by atoms with Crippen LogP contribution in [0.2, 0.25) is 0 Å². The Morgan fingerprint density at radius 1 is 0.759 bits per heavy atom. The Morgan fingerprint density at radius 2 is 1.41 bits per heavy atom. The fraction of sp³-hybridized carbons (Fsp3) is 0.333. The third kappa shape index (κ3) is 4.38. The molecule has 0 spiro atoms. The summed E-state index contributed by atoms with van der Waals surface area (Å²) in [6.45, 7) is 4.43. The van der Waals surface area contributed by atoms with E-state index in [1.807, 2.05) is 30.3 Å². The summed E-state index contributed by atoms with van der Waals surface area (Å²) >= 11 is 0. The molecule has 150 valence electrons. The minimum absolute atomic E-state index is 0.563. The van der Waals surface area contributed by atoms with Gasteiger partial charge in [0.05, 0.1) is 0 Å². The minimum Gasteiger partial charge on any atom is -0.380 e. The fourth-order valence-corrected chi connectivity index (χ4v) is 4.44. The largest absolute Gasteiger partial charge is 0.380 e. The van der Waals surface area contributed by atoms with E-state index in [0.29, 0.717) is 6.42 Å². The highest BCUT2D eigenvalue weighted by atomic mass is 16.3. The Bertz CT molecular complexity index is 913. The quantitative estimate of drug-likeness (QED) is 0.587. The number of benzene rings is 3. The lowest BCUT2D eigenvalue weighted by atomic mass is 9.81. The standard InChI is InChI=1S/C27H31NO/c1-2-22-10-9-11-23(20-22)21-27(29,24-12-5-3-6-13-24)25-14-16-26(17-15-25)28-18-7-4-8-19-28/h3,5-6,9-17,20,29H,2,4,7-8,18-19,21H2,1H3. The molecule has 3 aromatic carbocycles. The Hall–Kier alpha value is -2.58. The predicted molar refractivity (Wildman–Crippen MR) is 121 cm³/mol. The minimum atomic E-state index is -1.05. The molecule has 1 atom stereocenters. The maximum atomic E-state index is 12.0. The van der Waals surface area contributed by atoms with Crippen LogP contribution in [0, 0.1) is 0 Å². The summed E-state index contributed by atoms with van der Waals surface area (Å²) in [5.74, 6) is 0. The van der Waals surface area contributed by atoms with Gasteiger partial charge < -0.3 is 10.0 Å². The first-order chi connectivity index (χ1) is 14.2. The molecule has 1 aliphatic heterocycles. The number of hydrogen-bond acceptors (Lipinski definition) is 2. The lowest BCUT2D eigenvalue weighted by molar-refractivity contribution is 0.0811. The van der Waals surface area contributed by atoms with Crippen molar-refractivity contribution >= 4 is 5.69 Å². The summed E-state index contributed by atoms with van der Waals surface area (Å²) in [6.07, 6.45) is 5.43. The number of nitrogens with zero attached hydrogens (tertiary/aromatic N) is 1. The zero-order valence-corrected chi connectivity index (χ0v) is 17.3. The number of aliphatic hydroxyl groups is 1. The molecular formula is C27H31NO. The molecule has 29 heavy (non-hydrogen) atoms.